The number of para-hydroxylation sites is 1. The van der Waals surface area contributed by atoms with Gasteiger partial charge in [-0.3, -0.25) is 9.00 Å². The van der Waals surface area contributed by atoms with Crippen LogP contribution in [-0.2, 0) is 16.1 Å². The zero-order chi connectivity index (χ0) is 20.8. The molecule has 0 saturated carbocycles. The zero-order valence-corrected chi connectivity index (χ0v) is 19.3. The minimum absolute atomic E-state index is 0. The minimum atomic E-state index is -2.64. The van der Waals surface area contributed by atoms with E-state index in [0.29, 0.717) is 17.7 Å². The second kappa shape index (κ2) is 11.3. The van der Waals surface area contributed by atoms with Crippen LogP contribution >= 0.6 is 0 Å². The molecular weight excluding hydrogens is 417 g/mol. The Bertz CT molecular complexity index is 988. The van der Waals surface area contributed by atoms with E-state index >= 15 is 0 Å². The van der Waals surface area contributed by atoms with Gasteiger partial charge in [0, 0.05) is 22.5 Å². The summed E-state index contributed by atoms with van der Waals surface area (Å²) in [5, 5.41) is 2.98. The summed E-state index contributed by atoms with van der Waals surface area (Å²) < 4.78 is 30.0. The van der Waals surface area contributed by atoms with Crippen molar-refractivity contribution in [2.24, 2.45) is 5.73 Å². The molecule has 3 rings (SSSR count). The predicted molar refractivity (Wildman–Crippen MR) is 111 cm³/mol. The first-order chi connectivity index (χ1) is 14.0. The molecule has 1 unspecified atom stereocenters. The van der Waals surface area contributed by atoms with Crippen LogP contribution < -0.4 is 50.1 Å². The SMILES string of the molecule is NC(=O)c1c(OC(=O)C2=CCCCC2)ccc(NS(=O)[O-])c1Nc1ccccc1.[H-].[Na+]. The van der Waals surface area contributed by atoms with Gasteiger partial charge in [-0.05, 0) is 49.9 Å². The summed E-state index contributed by atoms with van der Waals surface area (Å²) >= 11 is -2.64. The van der Waals surface area contributed by atoms with E-state index < -0.39 is 23.1 Å². The maximum atomic E-state index is 12.5. The van der Waals surface area contributed by atoms with Gasteiger partial charge < -0.3 is 26.5 Å². The van der Waals surface area contributed by atoms with Crippen molar-refractivity contribution in [1.82, 2.24) is 0 Å². The van der Waals surface area contributed by atoms with Crippen LogP contribution in [0.2, 0.25) is 0 Å². The van der Waals surface area contributed by atoms with Crippen molar-refractivity contribution in [2.75, 3.05) is 10.0 Å². The second-order valence-corrected chi connectivity index (χ2v) is 7.09. The fraction of sp³-hybridized carbons (Fsp3) is 0.200. The smallest absolute Gasteiger partial charge is 1.00 e. The molecule has 2 aromatic carbocycles. The van der Waals surface area contributed by atoms with Gasteiger partial charge in [-0.15, -0.1) is 0 Å². The number of carbonyl (C=O) groups excluding carboxylic acids is 2. The van der Waals surface area contributed by atoms with E-state index in [4.69, 9.17) is 10.5 Å². The van der Waals surface area contributed by atoms with Gasteiger partial charge in [-0.25, -0.2) is 4.79 Å². The van der Waals surface area contributed by atoms with Crippen LogP contribution in [0, 0.1) is 0 Å². The van der Waals surface area contributed by atoms with Crippen molar-refractivity contribution in [3.63, 3.8) is 0 Å². The molecule has 0 radical (unpaired) electrons. The van der Waals surface area contributed by atoms with E-state index in [2.05, 4.69) is 10.0 Å². The molecule has 0 aliphatic heterocycles. The topological polar surface area (TPSA) is 134 Å². The van der Waals surface area contributed by atoms with Crippen molar-refractivity contribution in [2.45, 2.75) is 25.7 Å². The van der Waals surface area contributed by atoms with Gasteiger partial charge in [0.15, 0.2) is 0 Å². The molecule has 30 heavy (non-hydrogen) atoms. The Kier molecular flexibility index (Phi) is 9.07. The summed E-state index contributed by atoms with van der Waals surface area (Å²) in [6.45, 7) is 0. The molecule has 1 amide bonds. The molecule has 1 atom stereocenters. The number of ether oxygens (including phenoxy) is 1. The largest absolute Gasteiger partial charge is 1.00 e. The Morgan fingerprint density at radius 2 is 1.87 bits per heavy atom. The number of hydrogen-bond donors (Lipinski definition) is 3. The molecule has 10 heteroatoms. The average molecular weight is 438 g/mol. The Labute approximate surface area is 200 Å². The number of anilines is 3. The molecule has 4 N–H and O–H groups in total. The summed E-state index contributed by atoms with van der Waals surface area (Å²) in [5.74, 6) is -1.47. The number of esters is 1. The quantitative estimate of drug-likeness (QED) is 0.246. The summed E-state index contributed by atoms with van der Waals surface area (Å²) in [6.07, 6.45) is 5.14. The number of hydrogen-bond acceptors (Lipinski definition) is 6. The first-order valence-corrected chi connectivity index (χ1v) is 10.1. The molecule has 0 aromatic heterocycles. The van der Waals surface area contributed by atoms with Crippen LogP contribution in [-0.4, -0.2) is 20.6 Å². The van der Waals surface area contributed by atoms with Gasteiger partial charge in [0.05, 0.1) is 11.4 Å². The van der Waals surface area contributed by atoms with Gasteiger partial charge in [0.1, 0.15) is 11.3 Å². The van der Waals surface area contributed by atoms with Gasteiger partial charge >= 0.3 is 35.5 Å². The van der Waals surface area contributed by atoms with Crippen LogP contribution in [0.1, 0.15) is 37.5 Å². The molecule has 1 aliphatic rings. The van der Waals surface area contributed by atoms with Gasteiger partial charge in [0.2, 0.25) is 0 Å². The minimum Gasteiger partial charge on any atom is -1.00 e. The monoisotopic (exact) mass is 438 g/mol. The maximum absolute atomic E-state index is 12.5. The first kappa shape index (κ1) is 24.1. The number of carbonyl (C=O) groups is 2. The fourth-order valence-electron chi connectivity index (χ4n) is 3.07. The van der Waals surface area contributed by atoms with Crippen molar-refractivity contribution >= 4 is 40.2 Å². The molecule has 0 saturated heterocycles. The number of primary amides is 1. The molecule has 2 aromatic rings. The van der Waals surface area contributed by atoms with E-state index in [-0.39, 0.29) is 53.7 Å². The Hall–Kier alpha value is -2.17. The third kappa shape index (κ3) is 6.16. The Balaban J connectivity index is 0.00000240. The number of rotatable bonds is 7. The number of nitrogens with two attached hydrogens (primary N) is 1. The van der Waals surface area contributed by atoms with Crippen molar-refractivity contribution < 1.29 is 54.1 Å². The standard InChI is InChI=1S/C20H21N3O5S.Na.H/c21-19(24)17-16(28-20(25)13-7-3-1-4-8-13)12-11-15(23-29(26)27)18(17)22-14-9-5-2-6-10-14;;/h2,5-7,9-12,22-23H,1,3-4,8H2,(H2,21,24)(H,26,27);;/q;+1;-1/p-1. The average Bonchev–Trinajstić information content (AvgIpc) is 2.70. The van der Waals surface area contributed by atoms with Crippen LogP contribution in [0.25, 0.3) is 0 Å². The van der Waals surface area contributed by atoms with E-state index in [1.54, 1.807) is 24.3 Å². The van der Waals surface area contributed by atoms with E-state index in [1.807, 2.05) is 12.1 Å². The number of benzene rings is 2. The van der Waals surface area contributed by atoms with Crippen LogP contribution in [0.4, 0.5) is 17.1 Å². The summed E-state index contributed by atoms with van der Waals surface area (Å²) in [5.41, 5.74) is 6.75. The summed E-state index contributed by atoms with van der Waals surface area (Å²) in [4.78, 5) is 24.7. The Morgan fingerprint density at radius 3 is 2.47 bits per heavy atom. The number of allylic oxidation sites excluding steroid dienone is 1. The van der Waals surface area contributed by atoms with Crippen molar-refractivity contribution in [3.8, 4) is 5.75 Å². The maximum Gasteiger partial charge on any atom is 1.00 e. The third-order valence-corrected chi connectivity index (χ3v) is 4.79. The summed E-state index contributed by atoms with van der Waals surface area (Å²) in [6, 6.07) is 11.5. The van der Waals surface area contributed by atoms with E-state index in [1.165, 1.54) is 12.1 Å². The third-order valence-electron chi connectivity index (χ3n) is 4.41. The molecule has 8 nitrogen and oxygen atoms in total. The van der Waals surface area contributed by atoms with E-state index in [0.717, 1.165) is 19.3 Å². The fourth-order valence-corrected chi connectivity index (χ4v) is 3.42. The van der Waals surface area contributed by atoms with Crippen LogP contribution in [0.15, 0.2) is 54.1 Å². The first-order valence-electron chi connectivity index (χ1n) is 9.01. The van der Waals surface area contributed by atoms with E-state index in [9.17, 15) is 18.4 Å². The van der Waals surface area contributed by atoms with Gasteiger partial charge in [0.25, 0.3) is 5.91 Å². The molecule has 0 fully saturated rings. The number of nitrogens with one attached hydrogen (secondary N) is 2. The van der Waals surface area contributed by atoms with Crippen molar-refractivity contribution in [3.05, 3.63) is 59.7 Å². The number of amides is 1. The molecule has 0 bridgehead atoms. The van der Waals surface area contributed by atoms with Crippen LogP contribution in [0.3, 0.4) is 0 Å². The molecule has 0 heterocycles. The molecular formula is C20H21N3NaO5S-. The van der Waals surface area contributed by atoms with Crippen molar-refractivity contribution in [1.29, 1.82) is 0 Å². The summed E-state index contributed by atoms with van der Waals surface area (Å²) in [7, 11) is 0. The van der Waals surface area contributed by atoms with Crippen LogP contribution in [0.5, 0.6) is 5.75 Å². The molecule has 0 spiro atoms. The predicted octanol–water partition coefficient (Wildman–Crippen LogP) is 0.257. The second-order valence-electron chi connectivity index (χ2n) is 6.42. The zero-order valence-electron chi connectivity index (χ0n) is 17.5. The Morgan fingerprint density at radius 1 is 1.13 bits per heavy atom. The van der Waals surface area contributed by atoms with Gasteiger partial charge in [-0.1, -0.05) is 24.3 Å². The van der Waals surface area contributed by atoms with Gasteiger partial charge in [-0.2, -0.15) is 0 Å². The molecule has 1 aliphatic carbocycles. The molecule has 154 valence electrons. The normalized spacial score (nSPS) is 14.0.